The summed E-state index contributed by atoms with van der Waals surface area (Å²) in [6.45, 7) is 6.95. The summed E-state index contributed by atoms with van der Waals surface area (Å²) < 4.78 is 0. The minimum atomic E-state index is 0.0451. The van der Waals surface area contributed by atoms with Crippen molar-refractivity contribution in [2.24, 2.45) is 11.8 Å². The summed E-state index contributed by atoms with van der Waals surface area (Å²) in [5.41, 5.74) is 1.12. The van der Waals surface area contributed by atoms with Gasteiger partial charge >= 0.3 is 0 Å². The molecule has 2 rings (SSSR count). The number of hydrogen-bond acceptors (Lipinski definition) is 2. The third kappa shape index (κ3) is 4.07. The molecule has 3 nitrogen and oxygen atoms in total. The summed E-state index contributed by atoms with van der Waals surface area (Å²) >= 11 is 0. The normalized spacial score (nSPS) is 22.6. The van der Waals surface area contributed by atoms with Crippen molar-refractivity contribution in [1.29, 1.82) is 0 Å². The fraction of sp³-hybridized carbons (Fsp3) is 0.588. The maximum absolute atomic E-state index is 12.5. The number of rotatable bonds is 4. The minimum Gasteiger partial charge on any atom is -0.316 e. The number of amides is 1. The van der Waals surface area contributed by atoms with Crippen molar-refractivity contribution in [3.63, 3.8) is 0 Å². The van der Waals surface area contributed by atoms with E-state index in [2.05, 4.69) is 17.5 Å². The van der Waals surface area contributed by atoms with Crippen LogP contribution in [0.5, 0.6) is 0 Å². The van der Waals surface area contributed by atoms with Crippen LogP contribution in [0.2, 0.25) is 0 Å². The van der Waals surface area contributed by atoms with Crippen LogP contribution < -0.4 is 5.32 Å². The molecule has 1 fully saturated rings. The molecule has 1 atom stereocenters. The first-order valence-electron chi connectivity index (χ1n) is 7.73. The number of carbonyl (C=O) groups excluding carboxylic acids is 1. The standard InChI is InChI=1S/C17H26N2O/c1-14(2)17(20)19(13-15-8-7-11-18-12-15)16-9-5-3-4-6-10-16/h3-6,9,14-15,18H,7-8,10-13H2,1-2H3. The third-order valence-corrected chi connectivity index (χ3v) is 3.92. The largest absolute Gasteiger partial charge is 0.316 e. The van der Waals surface area contributed by atoms with E-state index in [0.29, 0.717) is 5.92 Å². The number of carbonyl (C=O) groups is 1. The summed E-state index contributed by atoms with van der Waals surface area (Å²) in [4.78, 5) is 14.6. The van der Waals surface area contributed by atoms with Crippen LogP contribution in [0.1, 0.15) is 33.1 Å². The lowest BCUT2D eigenvalue weighted by atomic mass is 9.98. The number of piperidine rings is 1. The molecule has 1 unspecified atom stereocenters. The van der Waals surface area contributed by atoms with Gasteiger partial charge in [-0.15, -0.1) is 0 Å². The third-order valence-electron chi connectivity index (χ3n) is 3.92. The lowest BCUT2D eigenvalue weighted by molar-refractivity contribution is -0.133. The highest BCUT2D eigenvalue weighted by Crippen LogP contribution is 2.21. The van der Waals surface area contributed by atoms with Crippen molar-refractivity contribution in [3.8, 4) is 0 Å². The van der Waals surface area contributed by atoms with E-state index in [9.17, 15) is 4.79 Å². The summed E-state index contributed by atoms with van der Waals surface area (Å²) in [6, 6.07) is 0. The number of hydrogen-bond donors (Lipinski definition) is 1. The Morgan fingerprint density at radius 1 is 1.40 bits per heavy atom. The van der Waals surface area contributed by atoms with Gasteiger partial charge in [0.15, 0.2) is 0 Å². The van der Waals surface area contributed by atoms with Gasteiger partial charge in [0.05, 0.1) is 0 Å². The van der Waals surface area contributed by atoms with Crippen LogP contribution in [0.25, 0.3) is 0 Å². The Morgan fingerprint density at radius 3 is 2.95 bits per heavy atom. The molecule has 1 saturated heterocycles. The molecule has 2 aliphatic rings. The lowest BCUT2D eigenvalue weighted by Crippen LogP contribution is -2.42. The lowest BCUT2D eigenvalue weighted by Gasteiger charge is -2.32. The van der Waals surface area contributed by atoms with Gasteiger partial charge in [0.25, 0.3) is 0 Å². The van der Waals surface area contributed by atoms with Gasteiger partial charge in [-0.2, -0.15) is 0 Å². The average molecular weight is 274 g/mol. The van der Waals surface area contributed by atoms with E-state index in [0.717, 1.165) is 31.8 Å². The Kier molecular flexibility index (Phi) is 5.60. The van der Waals surface area contributed by atoms with E-state index in [1.165, 1.54) is 12.8 Å². The van der Waals surface area contributed by atoms with Crippen LogP contribution >= 0.6 is 0 Å². The van der Waals surface area contributed by atoms with Gasteiger partial charge in [-0.3, -0.25) is 4.79 Å². The van der Waals surface area contributed by atoms with Gasteiger partial charge in [0.1, 0.15) is 0 Å². The predicted octanol–water partition coefficient (Wildman–Crippen LogP) is 2.87. The van der Waals surface area contributed by atoms with E-state index < -0.39 is 0 Å². The molecule has 0 aromatic rings. The summed E-state index contributed by atoms with van der Waals surface area (Å²) in [6.07, 6.45) is 13.6. The van der Waals surface area contributed by atoms with Crippen molar-refractivity contribution >= 4 is 5.91 Å². The van der Waals surface area contributed by atoms with Crippen LogP contribution in [0, 0.1) is 11.8 Å². The summed E-state index contributed by atoms with van der Waals surface area (Å²) in [5, 5.41) is 3.44. The molecule has 1 aliphatic carbocycles. The monoisotopic (exact) mass is 274 g/mol. The zero-order valence-electron chi connectivity index (χ0n) is 12.6. The second-order valence-corrected chi connectivity index (χ2v) is 5.99. The maximum atomic E-state index is 12.5. The van der Waals surface area contributed by atoms with Gasteiger partial charge in [0, 0.05) is 24.6 Å². The number of nitrogens with zero attached hydrogens (tertiary/aromatic N) is 1. The first-order chi connectivity index (χ1) is 9.68. The molecule has 1 N–H and O–H groups in total. The number of nitrogens with one attached hydrogen (secondary N) is 1. The van der Waals surface area contributed by atoms with Crippen molar-refractivity contribution in [3.05, 3.63) is 36.1 Å². The summed E-state index contributed by atoms with van der Waals surface area (Å²) in [7, 11) is 0. The highest BCUT2D eigenvalue weighted by Gasteiger charge is 2.24. The van der Waals surface area contributed by atoms with Crippen molar-refractivity contribution in [2.75, 3.05) is 19.6 Å². The second kappa shape index (κ2) is 7.44. The second-order valence-electron chi connectivity index (χ2n) is 5.99. The zero-order chi connectivity index (χ0) is 14.4. The quantitative estimate of drug-likeness (QED) is 0.855. The van der Waals surface area contributed by atoms with Crippen LogP contribution in [0.15, 0.2) is 36.1 Å². The van der Waals surface area contributed by atoms with Gasteiger partial charge in [-0.05, 0) is 37.9 Å². The molecular weight excluding hydrogens is 248 g/mol. The van der Waals surface area contributed by atoms with Crippen LogP contribution in [-0.2, 0) is 4.79 Å². The van der Waals surface area contributed by atoms with Gasteiger partial charge in [-0.1, -0.05) is 38.2 Å². The first kappa shape index (κ1) is 15.0. The van der Waals surface area contributed by atoms with Gasteiger partial charge in [-0.25, -0.2) is 0 Å². The Bertz CT molecular complexity index is 415. The first-order valence-corrected chi connectivity index (χ1v) is 7.73. The Labute approximate surface area is 122 Å². The molecule has 0 saturated carbocycles. The van der Waals surface area contributed by atoms with Crippen molar-refractivity contribution < 1.29 is 4.79 Å². The fourth-order valence-electron chi connectivity index (χ4n) is 2.76. The Balaban J connectivity index is 2.11. The molecule has 1 amide bonds. The Morgan fingerprint density at radius 2 is 2.25 bits per heavy atom. The molecular formula is C17H26N2O. The molecule has 0 aromatic heterocycles. The van der Waals surface area contributed by atoms with Crippen LogP contribution in [0.3, 0.4) is 0 Å². The van der Waals surface area contributed by atoms with E-state index >= 15 is 0 Å². The van der Waals surface area contributed by atoms with Gasteiger partial charge < -0.3 is 10.2 Å². The van der Waals surface area contributed by atoms with Crippen LogP contribution in [-0.4, -0.2) is 30.4 Å². The topological polar surface area (TPSA) is 32.3 Å². The molecule has 0 radical (unpaired) electrons. The van der Waals surface area contributed by atoms with E-state index in [1.54, 1.807) is 0 Å². The molecule has 1 aliphatic heterocycles. The zero-order valence-corrected chi connectivity index (χ0v) is 12.6. The molecule has 110 valence electrons. The van der Waals surface area contributed by atoms with Crippen LogP contribution in [0.4, 0.5) is 0 Å². The van der Waals surface area contributed by atoms with Gasteiger partial charge in [0.2, 0.25) is 5.91 Å². The fourth-order valence-corrected chi connectivity index (χ4v) is 2.76. The molecule has 3 heteroatoms. The Hall–Kier alpha value is -1.35. The smallest absolute Gasteiger partial charge is 0.229 e. The van der Waals surface area contributed by atoms with Crippen molar-refractivity contribution in [1.82, 2.24) is 10.2 Å². The molecule has 0 spiro atoms. The molecule has 0 aromatic carbocycles. The number of allylic oxidation sites excluding steroid dienone is 5. The van der Waals surface area contributed by atoms with Crippen molar-refractivity contribution in [2.45, 2.75) is 33.1 Å². The molecule has 0 bridgehead atoms. The predicted molar refractivity (Wildman–Crippen MR) is 83.1 cm³/mol. The summed E-state index contributed by atoms with van der Waals surface area (Å²) in [5.74, 6) is 0.859. The SMILES string of the molecule is CC(C)C(=O)N(CC1CCCNC1)C1=CC=CC=CC1. The average Bonchev–Trinajstić information content (AvgIpc) is 2.74. The maximum Gasteiger partial charge on any atom is 0.229 e. The van der Waals surface area contributed by atoms with E-state index in [-0.39, 0.29) is 11.8 Å². The van der Waals surface area contributed by atoms with E-state index in [1.807, 2.05) is 37.0 Å². The highest BCUT2D eigenvalue weighted by atomic mass is 16.2. The minimum absolute atomic E-state index is 0.0451. The molecule has 20 heavy (non-hydrogen) atoms. The molecule has 1 heterocycles. The highest BCUT2D eigenvalue weighted by molar-refractivity contribution is 5.80. The van der Waals surface area contributed by atoms with E-state index in [4.69, 9.17) is 0 Å².